The lowest BCUT2D eigenvalue weighted by Crippen LogP contribution is -2.15. The first-order valence-corrected chi connectivity index (χ1v) is 11.3. The molecule has 4 rings (SSSR count). The van der Waals surface area contributed by atoms with Gasteiger partial charge in [0.25, 0.3) is 5.82 Å². The Morgan fingerprint density at radius 3 is 2.33 bits per heavy atom. The van der Waals surface area contributed by atoms with E-state index < -0.39 is 12.6 Å². The molecule has 0 atom stereocenters. The number of hydrogen-bond donors (Lipinski definition) is 0. The van der Waals surface area contributed by atoms with Crippen LogP contribution in [0.3, 0.4) is 0 Å². The van der Waals surface area contributed by atoms with Crippen LogP contribution in [0.1, 0.15) is 26.5 Å². The highest BCUT2D eigenvalue weighted by Crippen LogP contribution is 2.26. The van der Waals surface area contributed by atoms with Gasteiger partial charge in [0.05, 0.1) is 5.69 Å². The Hall–Kier alpha value is -3.00. The summed E-state index contributed by atoms with van der Waals surface area (Å²) < 4.78 is 7.57. The number of ketones is 1. The van der Waals surface area contributed by atoms with Gasteiger partial charge in [-0.05, 0) is 61.0 Å². The maximum Gasteiger partial charge on any atom is 0.378 e. The molecule has 33 heavy (non-hydrogen) atoms. The van der Waals surface area contributed by atoms with Crippen molar-refractivity contribution in [3.8, 4) is 17.1 Å². The standard InChI is InChI=1S/C24H16BrCl2N3O3/c1-14-2-9-19(27)12-20(14)30-23(16-5-10-18(26)11-6-16)28-22(29-30)24(32)33-13-21(31)15-3-7-17(25)8-4-15/h2-12H,13H2,1H3. The SMILES string of the molecule is Cc1ccc(Cl)cc1-n1nc(C(=O)OCC(=O)c2ccc(Br)cc2)nc1-c1ccc(Cl)cc1. The molecule has 166 valence electrons. The Bertz CT molecular complexity index is 1340. The van der Waals surface area contributed by atoms with Crippen molar-refractivity contribution in [3.05, 3.63) is 98.2 Å². The van der Waals surface area contributed by atoms with Crippen LogP contribution < -0.4 is 0 Å². The number of ether oxygens (including phenoxy) is 1. The lowest BCUT2D eigenvalue weighted by atomic mass is 10.1. The molecular weight excluding hydrogens is 529 g/mol. The fourth-order valence-electron chi connectivity index (χ4n) is 3.08. The molecule has 1 aromatic heterocycles. The van der Waals surface area contributed by atoms with Crippen LogP contribution in [0, 0.1) is 6.92 Å². The van der Waals surface area contributed by atoms with E-state index in [1.807, 2.05) is 13.0 Å². The molecule has 3 aromatic carbocycles. The van der Waals surface area contributed by atoms with Gasteiger partial charge in [0.2, 0.25) is 0 Å². The lowest BCUT2D eigenvalue weighted by molar-refractivity contribution is 0.0462. The second kappa shape index (κ2) is 9.87. The van der Waals surface area contributed by atoms with E-state index in [1.165, 1.54) is 4.68 Å². The van der Waals surface area contributed by atoms with E-state index in [1.54, 1.807) is 60.7 Å². The molecule has 0 saturated heterocycles. The number of benzene rings is 3. The van der Waals surface area contributed by atoms with Crippen molar-refractivity contribution < 1.29 is 14.3 Å². The van der Waals surface area contributed by atoms with Crippen molar-refractivity contribution in [2.24, 2.45) is 0 Å². The Morgan fingerprint density at radius 2 is 1.64 bits per heavy atom. The van der Waals surface area contributed by atoms with E-state index >= 15 is 0 Å². The van der Waals surface area contributed by atoms with Crippen LogP contribution >= 0.6 is 39.1 Å². The molecule has 4 aromatic rings. The first-order valence-electron chi connectivity index (χ1n) is 9.77. The number of aromatic nitrogens is 3. The van der Waals surface area contributed by atoms with E-state index in [0.717, 1.165) is 10.0 Å². The van der Waals surface area contributed by atoms with Gasteiger partial charge >= 0.3 is 5.97 Å². The Morgan fingerprint density at radius 1 is 0.970 bits per heavy atom. The number of rotatable bonds is 6. The number of carbonyl (C=O) groups is 2. The normalized spacial score (nSPS) is 10.8. The summed E-state index contributed by atoms with van der Waals surface area (Å²) in [7, 11) is 0. The van der Waals surface area contributed by atoms with E-state index in [4.69, 9.17) is 27.9 Å². The molecule has 0 aliphatic carbocycles. The van der Waals surface area contributed by atoms with Crippen LogP contribution in [0.15, 0.2) is 71.2 Å². The van der Waals surface area contributed by atoms with Gasteiger partial charge in [-0.2, -0.15) is 0 Å². The monoisotopic (exact) mass is 543 g/mol. The van der Waals surface area contributed by atoms with Crippen molar-refractivity contribution >= 4 is 50.9 Å². The predicted molar refractivity (Wildman–Crippen MR) is 130 cm³/mol. The fourth-order valence-corrected chi connectivity index (χ4v) is 3.63. The van der Waals surface area contributed by atoms with Crippen LogP contribution in [0.2, 0.25) is 10.0 Å². The van der Waals surface area contributed by atoms with Crippen LogP contribution in [0.25, 0.3) is 17.1 Å². The first-order chi connectivity index (χ1) is 15.8. The topological polar surface area (TPSA) is 74.1 Å². The van der Waals surface area contributed by atoms with Crippen LogP contribution in [-0.4, -0.2) is 33.1 Å². The number of aryl methyl sites for hydroxylation is 1. The second-order valence-electron chi connectivity index (χ2n) is 7.11. The predicted octanol–water partition coefficient (Wildman–Crippen LogP) is 6.35. The van der Waals surface area contributed by atoms with E-state index in [9.17, 15) is 9.59 Å². The van der Waals surface area contributed by atoms with Crippen molar-refractivity contribution in [1.29, 1.82) is 0 Å². The number of halogens is 3. The van der Waals surface area contributed by atoms with Crippen molar-refractivity contribution in [3.63, 3.8) is 0 Å². The Kier molecular flexibility index (Phi) is 6.93. The van der Waals surface area contributed by atoms with Gasteiger partial charge in [-0.25, -0.2) is 14.5 Å². The minimum Gasteiger partial charge on any atom is -0.451 e. The summed E-state index contributed by atoms with van der Waals surface area (Å²) in [6, 6.07) is 19.1. The third-order valence-electron chi connectivity index (χ3n) is 4.79. The summed E-state index contributed by atoms with van der Waals surface area (Å²) in [6.07, 6.45) is 0. The molecule has 0 aliphatic heterocycles. The summed E-state index contributed by atoms with van der Waals surface area (Å²) in [5.41, 5.74) is 2.66. The highest BCUT2D eigenvalue weighted by Gasteiger charge is 2.22. The molecule has 0 spiro atoms. The van der Waals surface area contributed by atoms with Gasteiger partial charge in [-0.3, -0.25) is 4.79 Å². The molecule has 0 fully saturated rings. The maximum atomic E-state index is 12.7. The van der Waals surface area contributed by atoms with Gasteiger partial charge in [0, 0.05) is 25.6 Å². The van der Waals surface area contributed by atoms with Crippen molar-refractivity contribution in [1.82, 2.24) is 14.8 Å². The zero-order chi connectivity index (χ0) is 23.5. The van der Waals surface area contributed by atoms with Gasteiger partial charge < -0.3 is 4.74 Å². The smallest absolute Gasteiger partial charge is 0.378 e. The summed E-state index contributed by atoms with van der Waals surface area (Å²) in [5.74, 6) is -0.917. The molecule has 0 amide bonds. The quantitative estimate of drug-likeness (QED) is 0.209. The minimum atomic E-state index is -0.811. The van der Waals surface area contributed by atoms with Crippen molar-refractivity contribution in [2.45, 2.75) is 6.92 Å². The minimum absolute atomic E-state index is 0.178. The fraction of sp³-hybridized carbons (Fsp3) is 0.0833. The number of hydrogen-bond acceptors (Lipinski definition) is 5. The molecule has 0 N–H and O–H groups in total. The third kappa shape index (κ3) is 5.33. The highest BCUT2D eigenvalue weighted by atomic mass is 79.9. The van der Waals surface area contributed by atoms with Crippen LogP contribution in [0.4, 0.5) is 0 Å². The molecule has 0 bridgehead atoms. The molecule has 0 unspecified atom stereocenters. The summed E-state index contributed by atoms with van der Waals surface area (Å²) in [4.78, 5) is 29.4. The van der Waals surface area contributed by atoms with Crippen LogP contribution in [0.5, 0.6) is 0 Å². The second-order valence-corrected chi connectivity index (χ2v) is 8.90. The van der Waals surface area contributed by atoms with Crippen LogP contribution in [-0.2, 0) is 4.74 Å². The zero-order valence-corrected chi connectivity index (χ0v) is 20.4. The lowest BCUT2D eigenvalue weighted by Gasteiger charge is -2.09. The van der Waals surface area contributed by atoms with E-state index in [2.05, 4.69) is 26.0 Å². The maximum absolute atomic E-state index is 12.7. The molecule has 1 heterocycles. The molecule has 6 nitrogen and oxygen atoms in total. The number of carbonyl (C=O) groups excluding carboxylic acids is 2. The first kappa shape index (κ1) is 23.2. The number of nitrogens with zero attached hydrogens (tertiary/aromatic N) is 3. The molecule has 9 heteroatoms. The highest BCUT2D eigenvalue weighted by molar-refractivity contribution is 9.10. The summed E-state index contributed by atoms with van der Waals surface area (Å²) >= 11 is 15.5. The number of esters is 1. The Balaban J connectivity index is 1.65. The van der Waals surface area contributed by atoms with E-state index in [0.29, 0.717) is 32.7 Å². The summed E-state index contributed by atoms with van der Waals surface area (Å²) in [5, 5.41) is 5.44. The molecule has 0 saturated carbocycles. The zero-order valence-electron chi connectivity index (χ0n) is 17.3. The average molecular weight is 545 g/mol. The number of Topliss-reactive ketones (excluding diaryl/α,β-unsaturated/α-hetero) is 1. The molecular formula is C24H16BrCl2N3O3. The van der Waals surface area contributed by atoms with Gasteiger partial charge in [-0.15, -0.1) is 5.10 Å². The third-order valence-corrected chi connectivity index (χ3v) is 5.81. The van der Waals surface area contributed by atoms with Gasteiger partial charge in [-0.1, -0.05) is 57.3 Å². The summed E-state index contributed by atoms with van der Waals surface area (Å²) in [6.45, 7) is 1.47. The van der Waals surface area contributed by atoms with Gasteiger partial charge in [0.15, 0.2) is 18.2 Å². The average Bonchev–Trinajstić information content (AvgIpc) is 3.25. The largest absolute Gasteiger partial charge is 0.451 e. The Labute approximate surface area is 208 Å². The van der Waals surface area contributed by atoms with Gasteiger partial charge in [0.1, 0.15) is 0 Å². The van der Waals surface area contributed by atoms with Crippen molar-refractivity contribution in [2.75, 3.05) is 6.61 Å². The molecule has 0 radical (unpaired) electrons. The van der Waals surface area contributed by atoms with E-state index in [-0.39, 0.29) is 11.6 Å². The molecule has 0 aliphatic rings.